The summed E-state index contributed by atoms with van der Waals surface area (Å²) in [6.45, 7) is 5.28. The van der Waals surface area contributed by atoms with Gasteiger partial charge >= 0.3 is 0 Å². The molecule has 0 unspecified atom stereocenters. The highest BCUT2D eigenvalue weighted by molar-refractivity contribution is 7.89. The van der Waals surface area contributed by atoms with Gasteiger partial charge in [0.25, 0.3) is 0 Å². The summed E-state index contributed by atoms with van der Waals surface area (Å²) < 4.78 is 40.3. The van der Waals surface area contributed by atoms with Gasteiger partial charge in [-0.15, -0.1) is 0 Å². The molecule has 26 heavy (non-hydrogen) atoms. The van der Waals surface area contributed by atoms with Gasteiger partial charge in [-0.1, -0.05) is 24.3 Å². The first-order valence-electron chi connectivity index (χ1n) is 8.99. The van der Waals surface area contributed by atoms with Gasteiger partial charge in [-0.2, -0.15) is 4.31 Å². The van der Waals surface area contributed by atoms with E-state index in [-0.39, 0.29) is 5.82 Å². The van der Waals surface area contributed by atoms with Crippen molar-refractivity contribution in [1.29, 1.82) is 0 Å². The number of piperazine rings is 1. The third kappa shape index (κ3) is 4.69. The van der Waals surface area contributed by atoms with Crippen molar-refractivity contribution in [3.63, 3.8) is 0 Å². The second kappa shape index (κ2) is 8.29. The number of halogens is 1. The molecule has 0 amide bonds. The summed E-state index contributed by atoms with van der Waals surface area (Å²) in [5, 5.41) is 0. The predicted octanol–water partition coefficient (Wildman–Crippen LogP) is 3.07. The molecule has 140 valence electrons. The van der Waals surface area contributed by atoms with Crippen LogP contribution >= 0.6 is 0 Å². The van der Waals surface area contributed by atoms with Crippen molar-refractivity contribution < 1.29 is 12.8 Å². The average molecular weight is 376 g/mol. The molecule has 0 saturated carbocycles. The van der Waals surface area contributed by atoms with E-state index in [1.165, 1.54) is 6.07 Å². The third-order valence-electron chi connectivity index (χ3n) is 4.79. The molecule has 0 spiro atoms. The Morgan fingerprint density at radius 1 is 1.00 bits per heavy atom. The van der Waals surface area contributed by atoms with Crippen molar-refractivity contribution in [2.24, 2.45) is 0 Å². The molecule has 1 fully saturated rings. The number of hydrogen-bond donors (Lipinski definition) is 0. The molecule has 4 nitrogen and oxygen atoms in total. The summed E-state index contributed by atoms with van der Waals surface area (Å²) in [4.78, 5) is 2.65. The average Bonchev–Trinajstić information content (AvgIpc) is 2.62. The van der Waals surface area contributed by atoms with Crippen LogP contribution in [0.5, 0.6) is 0 Å². The number of nitrogens with zero attached hydrogens (tertiary/aromatic N) is 2. The molecule has 2 aromatic rings. The molecule has 1 aliphatic rings. The Balaban J connectivity index is 1.49. The lowest BCUT2D eigenvalue weighted by Crippen LogP contribution is -2.48. The zero-order valence-corrected chi connectivity index (χ0v) is 15.9. The van der Waals surface area contributed by atoms with Crippen LogP contribution in [0.3, 0.4) is 0 Å². The Kier molecular flexibility index (Phi) is 6.06. The van der Waals surface area contributed by atoms with Crippen molar-refractivity contribution in [3.05, 3.63) is 65.5 Å². The Morgan fingerprint density at radius 3 is 2.42 bits per heavy atom. The Hall–Kier alpha value is -1.76. The van der Waals surface area contributed by atoms with Crippen molar-refractivity contribution in [2.75, 3.05) is 32.7 Å². The molecule has 0 aromatic heterocycles. The standard InChI is InChI=1S/C20H25FN2O2S/c1-17-5-2-9-20(15-17)26(24,25)23-13-11-22(12-14-23)10-4-7-18-6-3-8-19(21)16-18/h2-3,5-6,8-9,15-16H,4,7,10-14H2,1H3. The lowest BCUT2D eigenvalue weighted by molar-refractivity contribution is 0.187. The number of aryl methyl sites for hydroxylation is 2. The largest absolute Gasteiger partial charge is 0.301 e. The first kappa shape index (κ1) is 19.0. The fourth-order valence-electron chi connectivity index (χ4n) is 3.32. The van der Waals surface area contributed by atoms with Crippen LogP contribution in [0.25, 0.3) is 0 Å². The predicted molar refractivity (Wildman–Crippen MR) is 101 cm³/mol. The molecular weight excluding hydrogens is 351 g/mol. The Morgan fingerprint density at radius 2 is 1.73 bits per heavy atom. The summed E-state index contributed by atoms with van der Waals surface area (Å²) in [5.41, 5.74) is 1.95. The number of sulfonamides is 1. The summed E-state index contributed by atoms with van der Waals surface area (Å²) in [6, 6.07) is 13.8. The highest BCUT2D eigenvalue weighted by Gasteiger charge is 2.28. The van der Waals surface area contributed by atoms with Crippen LogP contribution in [-0.4, -0.2) is 50.3 Å². The molecule has 0 radical (unpaired) electrons. The summed E-state index contributed by atoms with van der Waals surface area (Å²) in [6.07, 6.45) is 1.77. The van der Waals surface area contributed by atoms with E-state index >= 15 is 0 Å². The molecule has 0 aliphatic carbocycles. The van der Waals surface area contributed by atoms with Crippen molar-refractivity contribution in [1.82, 2.24) is 9.21 Å². The molecule has 3 rings (SSSR count). The molecule has 1 heterocycles. The van der Waals surface area contributed by atoms with E-state index in [9.17, 15) is 12.8 Å². The zero-order chi connectivity index (χ0) is 18.6. The molecule has 2 aromatic carbocycles. The third-order valence-corrected chi connectivity index (χ3v) is 6.68. The Labute approximate surface area is 155 Å². The first-order valence-corrected chi connectivity index (χ1v) is 10.4. The van der Waals surface area contributed by atoms with E-state index in [2.05, 4.69) is 4.90 Å². The summed E-state index contributed by atoms with van der Waals surface area (Å²) in [7, 11) is -3.41. The van der Waals surface area contributed by atoms with E-state index in [4.69, 9.17) is 0 Å². The fraction of sp³-hybridized carbons (Fsp3) is 0.400. The quantitative estimate of drug-likeness (QED) is 0.778. The maximum atomic E-state index is 13.2. The second-order valence-electron chi connectivity index (χ2n) is 6.80. The first-order chi connectivity index (χ1) is 12.4. The number of hydrogen-bond acceptors (Lipinski definition) is 3. The van der Waals surface area contributed by atoms with E-state index < -0.39 is 10.0 Å². The van der Waals surface area contributed by atoms with E-state index in [1.807, 2.05) is 19.1 Å². The van der Waals surface area contributed by atoms with Gasteiger partial charge in [0, 0.05) is 26.2 Å². The fourth-order valence-corrected chi connectivity index (χ4v) is 4.85. The van der Waals surface area contributed by atoms with Crippen LogP contribution in [0, 0.1) is 12.7 Å². The maximum absolute atomic E-state index is 13.2. The van der Waals surface area contributed by atoms with Crippen LogP contribution in [0.4, 0.5) is 4.39 Å². The summed E-state index contributed by atoms with van der Waals surface area (Å²) in [5.74, 6) is -0.197. The van der Waals surface area contributed by atoms with Gasteiger partial charge in [0.2, 0.25) is 10.0 Å². The van der Waals surface area contributed by atoms with Gasteiger partial charge in [0.05, 0.1) is 4.90 Å². The molecule has 6 heteroatoms. The number of rotatable bonds is 6. The summed E-state index contributed by atoms with van der Waals surface area (Å²) >= 11 is 0. The topological polar surface area (TPSA) is 40.6 Å². The molecule has 0 bridgehead atoms. The van der Waals surface area contributed by atoms with Crippen molar-refractivity contribution >= 4 is 10.0 Å². The highest BCUT2D eigenvalue weighted by Crippen LogP contribution is 2.19. The smallest absolute Gasteiger partial charge is 0.243 e. The molecule has 0 N–H and O–H groups in total. The van der Waals surface area contributed by atoms with Gasteiger partial charge in [-0.3, -0.25) is 0 Å². The van der Waals surface area contributed by atoms with Gasteiger partial charge < -0.3 is 4.90 Å². The van der Waals surface area contributed by atoms with E-state index in [1.54, 1.807) is 34.6 Å². The molecule has 1 aliphatic heterocycles. The van der Waals surface area contributed by atoms with Gasteiger partial charge in [-0.05, 0) is 61.7 Å². The van der Waals surface area contributed by atoms with Gasteiger partial charge in [-0.25, -0.2) is 12.8 Å². The van der Waals surface area contributed by atoms with Gasteiger partial charge in [0.1, 0.15) is 5.82 Å². The van der Waals surface area contributed by atoms with Crippen molar-refractivity contribution in [2.45, 2.75) is 24.7 Å². The zero-order valence-electron chi connectivity index (χ0n) is 15.1. The van der Waals surface area contributed by atoms with Crippen LogP contribution in [0.1, 0.15) is 17.5 Å². The maximum Gasteiger partial charge on any atom is 0.243 e. The van der Waals surface area contributed by atoms with Gasteiger partial charge in [0.15, 0.2) is 0 Å². The van der Waals surface area contributed by atoms with E-state index in [0.29, 0.717) is 18.0 Å². The molecular formula is C20H25FN2O2S. The van der Waals surface area contributed by atoms with E-state index in [0.717, 1.165) is 43.6 Å². The minimum Gasteiger partial charge on any atom is -0.301 e. The SMILES string of the molecule is Cc1cccc(S(=O)(=O)N2CCN(CCCc3cccc(F)c3)CC2)c1. The lowest BCUT2D eigenvalue weighted by Gasteiger charge is -2.34. The number of benzene rings is 2. The van der Waals surface area contributed by atoms with Crippen LogP contribution in [0.2, 0.25) is 0 Å². The van der Waals surface area contributed by atoms with Crippen LogP contribution in [-0.2, 0) is 16.4 Å². The minimum absolute atomic E-state index is 0.197. The lowest BCUT2D eigenvalue weighted by atomic mass is 10.1. The van der Waals surface area contributed by atoms with Crippen molar-refractivity contribution in [3.8, 4) is 0 Å². The van der Waals surface area contributed by atoms with Crippen LogP contribution in [0.15, 0.2) is 53.4 Å². The second-order valence-corrected chi connectivity index (χ2v) is 8.73. The normalized spacial score (nSPS) is 16.7. The molecule has 0 atom stereocenters. The highest BCUT2D eigenvalue weighted by atomic mass is 32.2. The minimum atomic E-state index is -3.41. The molecule has 1 saturated heterocycles. The Bertz CT molecular complexity index is 846. The monoisotopic (exact) mass is 376 g/mol. The van der Waals surface area contributed by atoms with Crippen LogP contribution < -0.4 is 0 Å².